The van der Waals surface area contributed by atoms with E-state index in [1.165, 1.54) is 6.92 Å². The SMILES string of the molecule is CC(=O)O[C@@H](c1cc2ccccc2cn1)C(C)C. The van der Waals surface area contributed by atoms with Crippen molar-refractivity contribution in [3.63, 3.8) is 0 Å². The van der Waals surface area contributed by atoms with E-state index in [0.29, 0.717) is 0 Å². The Balaban J connectivity index is 2.41. The van der Waals surface area contributed by atoms with Gasteiger partial charge in [-0.25, -0.2) is 0 Å². The summed E-state index contributed by atoms with van der Waals surface area (Å²) in [6, 6.07) is 10.0. The Labute approximate surface area is 107 Å². The van der Waals surface area contributed by atoms with Gasteiger partial charge in [0.15, 0.2) is 0 Å². The van der Waals surface area contributed by atoms with Gasteiger partial charge < -0.3 is 4.74 Å². The van der Waals surface area contributed by atoms with Crippen molar-refractivity contribution >= 4 is 16.7 Å². The molecule has 0 unspecified atom stereocenters. The number of hydrogen-bond donors (Lipinski definition) is 0. The first-order valence-electron chi connectivity index (χ1n) is 6.10. The number of carbonyl (C=O) groups is 1. The first kappa shape index (κ1) is 12.6. The number of aromatic nitrogens is 1. The van der Waals surface area contributed by atoms with Crippen molar-refractivity contribution in [2.45, 2.75) is 26.9 Å². The van der Waals surface area contributed by atoms with E-state index in [2.05, 4.69) is 4.98 Å². The van der Waals surface area contributed by atoms with Crippen molar-refractivity contribution in [2.75, 3.05) is 0 Å². The lowest BCUT2D eigenvalue weighted by atomic mass is 10.0. The van der Waals surface area contributed by atoms with Crippen LogP contribution in [0.1, 0.15) is 32.6 Å². The molecule has 0 aliphatic rings. The quantitative estimate of drug-likeness (QED) is 0.774. The zero-order valence-corrected chi connectivity index (χ0v) is 10.9. The molecule has 1 atom stereocenters. The van der Waals surface area contributed by atoms with Gasteiger partial charge >= 0.3 is 5.97 Å². The highest BCUT2D eigenvalue weighted by Gasteiger charge is 2.20. The third-order valence-corrected chi connectivity index (χ3v) is 2.84. The lowest BCUT2D eigenvalue weighted by Gasteiger charge is -2.20. The lowest BCUT2D eigenvalue weighted by Crippen LogP contribution is -2.15. The van der Waals surface area contributed by atoms with Gasteiger partial charge in [0.2, 0.25) is 0 Å². The van der Waals surface area contributed by atoms with Crippen LogP contribution in [0, 0.1) is 5.92 Å². The van der Waals surface area contributed by atoms with Gasteiger partial charge in [0.05, 0.1) is 5.69 Å². The molecule has 0 spiro atoms. The zero-order chi connectivity index (χ0) is 13.1. The Morgan fingerprint density at radius 3 is 2.50 bits per heavy atom. The molecule has 0 saturated carbocycles. The second-order valence-electron chi connectivity index (χ2n) is 4.73. The first-order valence-corrected chi connectivity index (χ1v) is 6.10. The average Bonchev–Trinajstić information content (AvgIpc) is 2.35. The number of pyridine rings is 1. The normalized spacial score (nSPS) is 12.7. The Hall–Kier alpha value is -1.90. The van der Waals surface area contributed by atoms with Crippen LogP contribution in [0.15, 0.2) is 36.5 Å². The van der Waals surface area contributed by atoms with Crippen molar-refractivity contribution < 1.29 is 9.53 Å². The van der Waals surface area contributed by atoms with Crippen molar-refractivity contribution in [1.29, 1.82) is 0 Å². The minimum Gasteiger partial charge on any atom is -0.456 e. The number of hydrogen-bond acceptors (Lipinski definition) is 3. The second kappa shape index (κ2) is 5.17. The van der Waals surface area contributed by atoms with E-state index < -0.39 is 0 Å². The van der Waals surface area contributed by atoms with Crippen LogP contribution in [0.5, 0.6) is 0 Å². The third-order valence-electron chi connectivity index (χ3n) is 2.84. The van der Waals surface area contributed by atoms with Crippen molar-refractivity contribution in [3.05, 3.63) is 42.2 Å². The molecule has 0 fully saturated rings. The van der Waals surface area contributed by atoms with E-state index in [0.717, 1.165) is 16.5 Å². The van der Waals surface area contributed by atoms with E-state index in [1.807, 2.05) is 50.4 Å². The van der Waals surface area contributed by atoms with Gasteiger partial charge in [0, 0.05) is 18.5 Å². The maximum atomic E-state index is 11.1. The molecule has 0 aliphatic heterocycles. The Bertz CT molecular complexity index is 563. The smallest absolute Gasteiger partial charge is 0.303 e. The summed E-state index contributed by atoms with van der Waals surface area (Å²) in [7, 11) is 0. The molecule has 3 nitrogen and oxygen atoms in total. The topological polar surface area (TPSA) is 39.2 Å². The van der Waals surface area contributed by atoms with Crippen LogP contribution in [0.3, 0.4) is 0 Å². The molecule has 0 bridgehead atoms. The summed E-state index contributed by atoms with van der Waals surface area (Å²) in [5.41, 5.74) is 0.805. The fraction of sp³-hybridized carbons (Fsp3) is 0.333. The standard InChI is InChI=1S/C15H17NO2/c1-10(2)15(18-11(3)17)14-8-12-6-4-5-7-13(12)9-16-14/h4-10,15H,1-3H3/t15-/m1/s1. The maximum Gasteiger partial charge on any atom is 0.303 e. The molecular weight excluding hydrogens is 226 g/mol. The Kier molecular flexibility index (Phi) is 3.60. The van der Waals surface area contributed by atoms with Crippen LogP contribution in [0.2, 0.25) is 0 Å². The maximum absolute atomic E-state index is 11.1. The predicted octanol–water partition coefficient (Wildman–Crippen LogP) is 3.50. The molecular formula is C15H17NO2. The molecule has 94 valence electrons. The van der Waals surface area contributed by atoms with Gasteiger partial charge in [-0.2, -0.15) is 0 Å². The monoisotopic (exact) mass is 243 g/mol. The van der Waals surface area contributed by atoms with Crippen LogP contribution in [-0.4, -0.2) is 11.0 Å². The summed E-state index contributed by atoms with van der Waals surface area (Å²) in [6.07, 6.45) is 1.54. The van der Waals surface area contributed by atoms with Crippen LogP contribution >= 0.6 is 0 Å². The molecule has 1 aromatic carbocycles. The number of nitrogens with zero attached hydrogens (tertiary/aromatic N) is 1. The molecule has 2 aromatic rings. The summed E-state index contributed by atoms with van der Waals surface area (Å²) < 4.78 is 5.35. The van der Waals surface area contributed by atoms with Crippen LogP contribution in [0.25, 0.3) is 10.8 Å². The number of fused-ring (bicyclic) bond motifs is 1. The zero-order valence-electron chi connectivity index (χ0n) is 10.9. The number of benzene rings is 1. The highest BCUT2D eigenvalue weighted by molar-refractivity contribution is 5.81. The number of ether oxygens (including phenoxy) is 1. The molecule has 0 N–H and O–H groups in total. The summed E-state index contributed by atoms with van der Waals surface area (Å²) in [4.78, 5) is 15.5. The van der Waals surface area contributed by atoms with Crippen LogP contribution in [-0.2, 0) is 9.53 Å². The van der Waals surface area contributed by atoms with Gasteiger partial charge in [0.25, 0.3) is 0 Å². The fourth-order valence-electron chi connectivity index (χ4n) is 1.97. The Morgan fingerprint density at radius 2 is 1.89 bits per heavy atom. The van der Waals surface area contributed by atoms with E-state index in [9.17, 15) is 4.79 Å². The minimum atomic E-state index is -0.285. The Morgan fingerprint density at radius 1 is 1.22 bits per heavy atom. The van der Waals surface area contributed by atoms with Crippen molar-refractivity contribution in [2.24, 2.45) is 5.92 Å². The number of esters is 1. The number of carbonyl (C=O) groups excluding carboxylic acids is 1. The van der Waals surface area contributed by atoms with Gasteiger partial charge in [-0.05, 0) is 17.4 Å². The fourth-order valence-corrected chi connectivity index (χ4v) is 1.97. The summed E-state index contributed by atoms with van der Waals surface area (Å²) in [6.45, 7) is 5.46. The minimum absolute atomic E-state index is 0.197. The summed E-state index contributed by atoms with van der Waals surface area (Å²) in [5, 5.41) is 2.20. The largest absolute Gasteiger partial charge is 0.456 e. The number of rotatable bonds is 3. The first-order chi connectivity index (χ1) is 8.58. The molecule has 0 amide bonds. The molecule has 0 aliphatic carbocycles. The van der Waals surface area contributed by atoms with Gasteiger partial charge in [-0.1, -0.05) is 38.1 Å². The van der Waals surface area contributed by atoms with Crippen molar-refractivity contribution in [3.8, 4) is 0 Å². The van der Waals surface area contributed by atoms with E-state index >= 15 is 0 Å². The third kappa shape index (κ3) is 2.67. The van der Waals surface area contributed by atoms with E-state index in [4.69, 9.17) is 4.74 Å². The highest BCUT2D eigenvalue weighted by Crippen LogP contribution is 2.26. The lowest BCUT2D eigenvalue weighted by molar-refractivity contribution is -0.149. The molecule has 3 heteroatoms. The van der Waals surface area contributed by atoms with E-state index in [-0.39, 0.29) is 18.0 Å². The molecule has 2 rings (SSSR count). The molecule has 0 saturated heterocycles. The van der Waals surface area contributed by atoms with Crippen LogP contribution < -0.4 is 0 Å². The molecule has 1 aromatic heterocycles. The second-order valence-corrected chi connectivity index (χ2v) is 4.73. The molecule has 1 heterocycles. The van der Waals surface area contributed by atoms with Crippen molar-refractivity contribution in [1.82, 2.24) is 4.98 Å². The predicted molar refractivity (Wildman–Crippen MR) is 71.1 cm³/mol. The van der Waals surface area contributed by atoms with Gasteiger partial charge in [-0.3, -0.25) is 9.78 Å². The van der Waals surface area contributed by atoms with E-state index in [1.54, 1.807) is 0 Å². The summed E-state index contributed by atoms with van der Waals surface area (Å²) in [5.74, 6) is -0.0776. The van der Waals surface area contributed by atoms with Crippen LogP contribution in [0.4, 0.5) is 0 Å². The van der Waals surface area contributed by atoms with Gasteiger partial charge in [-0.15, -0.1) is 0 Å². The van der Waals surface area contributed by atoms with Gasteiger partial charge in [0.1, 0.15) is 6.10 Å². The molecule has 18 heavy (non-hydrogen) atoms. The summed E-state index contributed by atoms with van der Waals surface area (Å²) >= 11 is 0. The average molecular weight is 243 g/mol. The molecule has 0 radical (unpaired) electrons. The highest BCUT2D eigenvalue weighted by atomic mass is 16.5.